The smallest absolute Gasteiger partial charge is 0.222 e. The first-order valence-corrected chi connectivity index (χ1v) is 7.62. The van der Waals surface area contributed by atoms with Crippen molar-refractivity contribution in [1.82, 2.24) is 9.80 Å². The fourth-order valence-electron chi connectivity index (χ4n) is 3.14. The van der Waals surface area contributed by atoms with Crippen molar-refractivity contribution in [2.45, 2.75) is 45.6 Å². The summed E-state index contributed by atoms with van der Waals surface area (Å²) in [4.78, 5) is 16.7. The molecule has 0 atom stereocenters. The summed E-state index contributed by atoms with van der Waals surface area (Å²) in [6.45, 7) is 12.2. The van der Waals surface area contributed by atoms with Crippen molar-refractivity contribution in [3.63, 3.8) is 0 Å². The number of ether oxygens (including phenoxy) is 1. The average molecular weight is 268 g/mol. The zero-order valence-electron chi connectivity index (χ0n) is 12.7. The van der Waals surface area contributed by atoms with Gasteiger partial charge in [-0.05, 0) is 25.7 Å². The molecule has 0 radical (unpaired) electrons. The minimum Gasteiger partial charge on any atom is -0.379 e. The van der Waals surface area contributed by atoms with Crippen molar-refractivity contribution >= 4 is 5.91 Å². The van der Waals surface area contributed by atoms with E-state index in [1.165, 1.54) is 0 Å². The van der Waals surface area contributed by atoms with Crippen LogP contribution in [-0.4, -0.2) is 60.6 Å². The van der Waals surface area contributed by atoms with Crippen molar-refractivity contribution in [3.8, 4) is 0 Å². The molecule has 4 heteroatoms. The molecule has 2 heterocycles. The molecule has 0 unspecified atom stereocenters. The second kappa shape index (κ2) is 6.23. The Balaban J connectivity index is 1.85. The lowest BCUT2D eigenvalue weighted by Crippen LogP contribution is -2.57. The van der Waals surface area contributed by atoms with Crippen LogP contribution in [0.25, 0.3) is 0 Å². The minimum atomic E-state index is 0.262. The summed E-state index contributed by atoms with van der Waals surface area (Å²) in [5, 5.41) is 0. The minimum absolute atomic E-state index is 0.262. The van der Waals surface area contributed by atoms with Crippen LogP contribution < -0.4 is 0 Å². The highest BCUT2D eigenvalue weighted by Crippen LogP contribution is 2.29. The van der Waals surface area contributed by atoms with Gasteiger partial charge in [-0.1, -0.05) is 13.8 Å². The molecule has 110 valence electrons. The fourth-order valence-corrected chi connectivity index (χ4v) is 3.14. The molecule has 0 bridgehead atoms. The number of hydrogen-bond donors (Lipinski definition) is 0. The summed E-state index contributed by atoms with van der Waals surface area (Å²) in [6.07, 6.45) is 2.88. The van der Waals surface area contributed by atoms with Crippen LogP contribution in [0.15, 0.2) is 0 Å². The molecule has 0 aromatic rings. The largest absolute Gasteiger partial charge is 0.379 e. The third-order valence-corrected chi connectivity index (χ3v) is 4.55. The van der Waals surface area contributed by atoms with Crippen molar-refractivity contribution in [2.75, 3.05) is 39.4 Å². The van der Waals surface area contributed by atoms with Crippen LogP contribution in [0, 0.1) is 5.92 Å². The van der Waals surface area contributed by atoms with Gasteiger partial charge in [0.15, 0.2) is 0 Å². The number of rotatable bonds is 3. The van der Waals surface area contributed by atoms with Crippen LogP contribution in [0.5, 0.6) is 0 Å². The molecular weight excluding hydrogens is 240 g/mol. The maximum absolute atomic E-state index is 12.1. The van der Waals surface area contributed by atoms with Gasteiger partial charge < -0.3 is 9.64 Å². The lowest BCUT2D eigenvalue weighted by atomic mass is 9.87. The number of carbonyl (C=O) groups is 1. The summed E-state index contributed by atoms with van der Waals surface area (Å²) in [5.74, 6) is 0.791. The van der Waals surface area contributed by atoms with E-state index in [9.17, 15) is 4.79 Å². The Kier molecular flexibility index (Phi) is 4.85. The second-order valence-electron chi connectivity index (χ2n) is 6.58. The van der Waals surface area contributed by atoms with Crippen LogP contribution >= 0.6 is 0 Å². The summed E-state index contributed by atoms with van der Waals surface area (Å²) in [5.41, 5.74) is 0.262. The zero-order chi connectivity index (χ0) is 13.9. The van der Waals surface area contributed by atoms with E-state index in [1.54, 1.807) is 0 Å². The maximum atomic E-state index is 12.1. The van der Waals surface area contributed by atoms with Crippen LogP contribution in [0.1, 0.15) is 40.0 Å². The van der Waals surface area contributed by atoms with Gasteiger partial charge >= 0.3 is 0 Å². The average Bonchev–Trinajstić information content (AvgIpc) is 2.40. The molecule has 19 heavy (non-hydrogen) atoms. The Morgan fingerprint density at radius 1 is 1.16 bits per heavy atom. The van der Waals surface area contributed by atoms with E-state index in [0.29, 0.717) is 18.2 Å². The molecule has 2 saturated heterocycles. The van der Waals surface area contributed by atoms with Gasteiger partial charge in [0.2, 0.25) is 5.91 Å². The van der Waals surface area contributed by atoms with Gasteiger partial charge in [-0.3, -0.25) is 9.69 Å². The molecule has 0 aliphatic carbocycles. The van der Waals surface area contributed by atoms with Gasteiger partial charge in [-0.2, -0.15) is 0 Å². The molecule has 0 N–H and O–H groups in total. The van der Waals surface area contributed by atoms with Gasteiger partial charge in [0.25, 0.3) is 0 Å². The highest BCUT2D eigenvalue weighted by molar-refractivity contribution is 5.76. The third kappa shape index (κ3) is 3.69. The number of hydrogen-bond acceptors (Lipinski definition) is 3. The molecule has 2 fully saturated rings. The standard InChI is InChI=1S/C15H28N2O2/c1-13(2)12-14(18)16-6-4-15(3,5-7-16)17-8-10-19-11-9-17/h13H,4-12H2,1-3H3. The molecule has 0 saturated carbocycles. The fraction of sp³-hybridized carbons (Fsp3) is 0.933. The molecule has 0 aromatic carbocycles. The monoisotopic (exact) mass is 268 g/mol. The van der Waals surface area contributed by atoms with Gasteiger partial charge in [-0.25, -0.2) is 0 Å². The summed E-state index contributed by atoms with van der Waals surface area (Å²) < 4.78 is 5.43. The number of carbonyl (C=O) groups excluding carboxylic acids is 1. The van der Waals surface area contributed by atoms with Crippen molar-refractivity contribution < 1.29 is 9.53 Å². The Hall–Kier alpha value is -0.610. The Labute approximate surface area is 117 Å². The first kappa shape index (κ1) is 14.8. The van der Waals surface area contributed by atoms with E-state index in [1.807, 2.05) is 0 Å². The van der Waals surface area contributed by atoms with Crippen molar-refractivity contribution in [2.24, 2.45) is 5.92 Å². The van der Waals surface area contributed by atoms with E-state index in [0.717, 1.165) is 52.2 Å². The number of likely N-dealkylation sites (tertiary alicyclic amines) is 1. The Morgan fingerprint density at radius 2 is 1.74 bits per heavy atom. The Morgan fingerprint density at radius 3 is 2.26 bits per heavy atom. The van der Waals surface area contributed by atoms with Crippen molar-refractivity contribution in [3.05, 3.63) is 0 Å². The second-order valence-corrected chi connectivity index (χ2v) is 6.58. The van der Waals surface area contributed by atoms with Crippen LogP contribution in [0.4, 0.5) is 0 Å². The summed E-state index contributed by atoms with van der Waals surface area (Å²) >= 11 is 0. The highest BCUT2D eigenvalue weighted by Gasteiger charge is 2.37. The van der Waals surface area contributed by atoms with Crippen molar-refractivity contribution in [1.29, 1.82) is 0 Å². The third-order valence-electron chi connectivity index (χ3n) is 4.55. The molecule has 1 amide bonds. The van der Waals surface area contributed by atoms with Gasteiger partial charge in [0.05, 0.1) is 13.2 Å². The predicted molar refractivity (Wildman–Crippen MR) is 76.1 cm³/mol. The molecule has 2 rings (SSSR count). The Bertz CT molecular complexity index is 303. The summed E-state index contributed by atoms with van der Waals surface area (Å²) in [6, 6.07) is 0. The lowest BCUT2D eigenvalue weighted by Gasteiger charge is -2.48. The number of morpholine rings is 1. The number of amides is 1. The van der Waals surface area contributed by atoms with Gasteiger partial charge in [0.1, 0.15) is 0 Å². The topological polar surface area (TPSA) is 32.8 Å². The highest BCUT2D eigenvalue weighted by atomic mass is 16.5. The van der Waals surface area contributed by atoms with E-state index in [4.69, 9.17) is 4.74 Å². The van der Waals surface area contributed by atoms with Crippen LogP contribution in [0.3, 0.4) is 0 Å². The zero-order valence-corrected chi connectivity index (χ0v) is 12.7. The quantitative estimate of drug-likeness (QED) is 0.782. The maximum Gasteiger partial charge on any atom is 0.222 e. The van der Waals surface area contributed by atoms with E-state index >= 15 is 0 Å². The van der Waals surface area contributed by atoms with Gasteiger partial charge in [0, 0.05) is 38.1 Å². The number of piperidine rings is 1. The molecule has 2 aliphatic rings. The first-order chi connectivity index (χ1) is 9.01. The molecule has 4 nitrogen and oxygen atoms in total. The predicted octanol–water partition coefficient (Wildman–Crippen LogP) is 1.75. The molecule has 0 spiro atoms. The summed E-state index contributed by atoms with van der Waals surface area (Å²) in [7, 11) is 0. The van der Waals surface area contributed by atoms with Crippen LogP contribution in [-0.2, 0) is 9.53 Å². The van der Waals surface area contributed by atoms with Crippen LogP contribution in [0.2, 0.25) is 0 Å². The molecule has 0 aromatic heterocycles. The van der Waals surface area contributed by atoms with E-state index in [-0.39, 0.29) is 5.54 Å². The number of nitrogens with zero attached hydrogens (tertiary/aromatic N) is 2. The first-order valence-electron chi connectivity index (χ1n) is 7.62. The van der Waals surface area contributed by atoms with E-state index < -0.39 is 0 Å². The normalized spacial score (nSPS) is 24.7. The lowest BCUT2D eigenvalue weighted by molar-refractivity contribution is -0.135. The van der Waals surface area contributed by atoms with E-state index in [2.05, 4.69) is 30.6 Å². The molecule has 2 aliphatic heterocycles. The van der Waals surface area contributed by atoms with Gasteiger partial charge in [-0.15, -0.1) is 0 Å². The molecular formula is C15H28N2O2. The SMILES string of the molecule is CC(C)CC(=O)N1CCC(C)(N2CCOCC2)CC1.